The second kappa shape index (κ2) is 11.4. The molecule has 148 valence electrons. The molecule has 2 aromatic rings. The number of benzene rings is 1. The molecule has 0 saturated carbocycles. The monoisotopic (exact) mass is 418 g/mol. The summed E-state index contributed by atoms with van der Waals surface area (Å²) < 4.78 is 19.4. The van der Waals surface area contributed by atoms with Crippen LogP contribution >= 0.6 is 19.2 Å². The molecule has 0 fully saturated rings. The second-order valence-electron chi connectivity index (χ2n) is 4.68. The lowest BCUT2D eigenvalue weighted by atomic mass is 10.2. The van der Waals surface area contributed by atoms with E-state index in [9.17, 15) is 4.79 Å². The van der Waals surface area contributed by atoms with Crippen LogP contribution in [0, 0.1) is 0 Å². The normalized spacial score (nSPS) is 10.9. The lowest BCUT2D eigenvalue weighted by molar-refractivity contribution is 0.0734. The minimum atomic E-state index is -4.64. The summed E-state index contributed by atoms with van der Waals surface area (Å²) in [5, 5.41) is 14.4. The summed E-state index contributed by atoms with van der Waals surface area (Å²) in [6.45, 7) is 0.391. The van der Waals surface area contributed by atoms with E-state index in [1.54, 1.807) is 36.5 Å². The van der Waals surface area contributed by atoms with Gasteiger partial charge in [0.2, 0.25) is 0 Å². The Morgan fingerprint density at radius 3 is 2.56 bits per heavy atom. The quantitative estimate of drug-likeness (QED) is 0.110. The van der Waals surface area contributed by atoms with Crippen molar-refractivity contribution in [3.8, 4) is 11.5 Å². The molecule has 0 saturated heterocycles. The van der Waals surface area contributed by atoms with Gasteiger partial charge >= 0.3 is 13.8 Å². The molecule has 0 bridgehead atoms. The first-order valence-corrected chi connectivity index (χ1v) is 9.78. The zero-order valence-electron chi connectivity index (χ0n) is 14.2. The van der Waals surface area contributed by atoms with Gasteiger partial charge in [-0.3, -0.25) is 0 Å². The molecule has 0 amide bonds. The first-order valence-electron chi connectivity index (χ1n) is 7.33. The van der Waals surface area contributed by atoms with Gasteiger partial charge in [-0.15, -0.1) is 11.3 Å². The standard InChI is InChI=1S/C15H16N2O4S.H3O4P/c1-20-13-9-11(10-17-16-6-7-18)4-5-12(13)21-15(19)14-3-2-8-22-14;1-5(2,3)4/h2-5,8-10,16,18H,6-7H2,1H3;(H3,1,2,3,4)/b17-10+;. The number of hydrazone groups is 1. The second-order valence-corrected chi connectivity index (χ2v) is 6.65. The summed E-state index contributed by atoms with van der Waals surface area (Å²) >= 11 is 1.32. The first kappa shape index (κ1) is 22.8. The molecule has 1 aromatic heterocycles. The van der Waals surface area contributed by atoms with Gasteiger partial charge in [-0.05, 0) is 35.2 Å². The van der Waals surface area contributed by atoms with E-state index in [4.69, 9.17) is 33.8 Å². The Hall–Kier alpha value is -2.27. The van der Waals surface area contributed by atoms with Gasteiger partial charge < -0.3 is 34.7 Å². The van der Waals surface area contributed by atoms with E-state index in [1.807, 2.05) is 5.38 Å². The van der Waals surface area contributed by atoms with Crippen molar-refractivity contribution >= 4 is 31.3 Å². The van der Waals surface area contributed by atoms with Crippen LogP contribution < -0.4 is 14.9 Å². The number of aliphatic hydroxyl groups is 1. The van der Waals surface area contributed by atoms with E-state index in [1.165, 1.54) is 18.4 Å². The lowest BCUT2D eigenvalue weighted by Crippen LogP contribution is -2.11. The Bertz CT molecular complexity index is 783. The molecule has 1 heterocycles. The highest BCUT2D eigenvalue weighted by atomic mass is 32.1. The van der Waals surface area contributed by atoms with Crippen LogP contribution in [0.4, 0.5) is 0 Å². The molecule has 27 heavy (non-hydrogen) atoms. The Morgan fingerprint density at radius 2 is 2.00 bits per heavy atom. The third kappa shape index (κ3) is 9.85. The highest BCUT2D eigenvalue weighted by Gasteiger charge is 2.13. The maximum absolute atomic E-state index is 11.9. The van der Waals surface area contributed by atoms with Crippen molar-refractivity contribution in [1.29, 1.82) is 0 Å². The highest BCUT2D eigenvalue weighted by Crippen LogP contribution is 2.29. The van der Waals surface area contributed by atoms with E-state index in [-0.39, 0.29) is 6.61 Å². The number of nitrogens with one attached hydrogen (secondary N) is 1. The number of esters is 1. The van der Waals surface area contributed by atoms with Gasteiger partial charge in [0.05, 0.1) is 26.5 Å². The van der Waals surface area contributed by atoms with Gasteiger partial charge in [0.15, 0.2) is 11.5 Å². The zero-order chi connectivity index (χ0) is 20.3. The number of thiophene rings is 1. The smallest absolute Gasteiger partial charge is 0.466 e. The summed E-state index contributed by atoms with van der Waals surface area (Å²) in [4.78, 5) is 34.0. The molecular weight excluding hydrogens is 399 g/mol. The number of carbonyl (C=O) groups is 1. The van der Waals surface area contributed by atoms with Crippen molar-refractivity contribution in [3.05, 3.63) is 46.2 Å². The third-order valence-electron chi connectivity index (χ3n) is 2.64. The van der Waals surface area contributed by atoms with Gasteiger partial charge in [-0.25, -0.2) is 9.36 Å². The maximum atomic E-state index is 11.9. The molecule has 0 unspecified atom stereocenters. The van der Waals surface area contributed by atoms with Crippen LogP contribution in [0.15, 0.2) is 40.8 Å². The van der Waals surface area contributed by atoms with Gasteiger partial charge in [-0.1, -0.05) is 6.07 Å². The van der Waals surface area contributed by atoms with Gasteiger partial charge in [0.1, 0.15) is 4.88 Å². The summed E-state index contributed by atoms with van der Waals surface area (Å²) in [6.07, 6.45) is 1.59. The molecule has 2 rings (SSSR count). The predicted molar refractivity (Wildman–Crippen MR) is 99.2 cm³/mol. The maximum Gasteiger partial charge on any atom is 0.466 e. The molecule has 0 spiro atoms. The van der Waals surface area contributed by atoms with E-state index < -0.39 is 13.8 Å². The fourth-order valence-electron chi connectivity index (χ4n) is 1.63. The Balaban J connectivity index is 0.000000646. The van der Waals surface area contributed by atoms with Gasteiger partial charge in [-0.2, -0.15) is 5.10 Å². The number of hydrogen-bond acceptors (Lipinski definition) is 8. The number of hydrogen-bond donors (Lipinski definition) is 5. The largest absolute Gasteiger partial charge is 0.493 e. The van der Waals surface area contributed by atoms with E-state index in [2.05, 4.69) is 10.5 Å². The highest BCUT2D eigenvalue weighted by molar-refractivity contribution is 7.45. The Labute approximate surface area is 158 Å². The van der Waals surface area contributed by atoms with Crippen LogP contribution in [0.2, 0.25) is 0 Å². The zero-order valence-corrected chi connectivity index (χ0v) is 15.9. The van der Waals surface area contributed by atoms with E-state index >= 15 is 0 Å². The Kier molecular flexibility index (Phi) is 9.65. The SMILES string of the molecule is COc1cc(/C=N/NCCO)ccc1OC(=O)c1cccs1.O=P(O)(O)O. The van der Waals surface area contributed by atoms with Crippen LogP contribution in [0.25, 0.3) is 0 Å². The molecule has 0 aliphatic carbocycles. The summed E-state index contributed by atoms with van der Waals surface area (Å²) in [5.74, 6) is 0.372. The van der Waals surface area contributed by atoms with Gasteiger partial charge in [0, 0.05) is 0 Å². The van der Waals surface area contributed by atoms with E-state index in [0.29, 0.717) is 22.9 Å². The average molecular weight is 418 g/mol. The fourth-order valence-corrected chi connectivity index (χ4v) is 2.23. The first-order chi connectivity index (χ1) is 12.7. The predicted octanol–water partition coefficient (Wildman–Crippen LogP) is 0.963. The van der Waals surface area contributed by atoms with E-state index in [0.717, 1.165) is 5.56 Å². The molecule has 0 aliphatic heterocycles. The molecule has 5 N–H and O–H groups in total. The number of phosphoric acid groups is 1. The number of nitrogens with zero attached hydrogens (tertiary/aromatic N) is 1. The average Bonchev–Trinajstić information content (AvgIpc) is 3.13. The number of methoxy groups -OCH3 is 1. The fraction of sp³-hybridized carbons (Fsp3) is 0.200. The van der Waals surface area contributed by atoms with Crippen LogP contribution in [0.1, 0.15) is 15.2 Å². The van der Waals surface area contributed by atoms with Crippen LogP contribution in [-0.4, -0.2) is 52.2 Å². The molecule has 10 nitrogen and oxygen atoms in total. The lowest BCUT2D eigenvalue weighted by Gasteiger charge is -2.09. The number of ether oxygens (including phenoxy) is 2. The van der Waals surface area contributed by atoms with Crippen molar-refractivity contribution in [2.75, 3.05) is 20.3 Å². The van der Waals surface area contributed by atoms with Gasteiger partial charge in [0.25, 0.3) is 0 Å². The number of rotatable bonds is 7. The third-order valence-corrected chi connectivity index (χ3v) is 3.49. The van der Waals surface area contributed by atoms with Crippen molar-refractivity contribution in [3.63, 3.8) is 0 Å². The number of carbonyl (C=O) groups excluding carboxylic acids is 1. The summed E-state index contributed by atoms with van der Waals surface area (Å²) in [7, 11) is -3.14. The van der Waals surface area contributed by atoms with Crippen molar-refractivity contribution in [1.82, 2.24) is 5.43 Å². The van der Waals surface area contributed by atoms with Crippen LogP contribution in [0.3, 0.4) is 0 Å². The van der Waals surface area contributed by atoms with Crippen molar-refractivity contribution in [2.24, 2.45) is 5.10 Å². The summed E-state index contributed by atoms with van der Waals surface area (Å²) in [6, 6.07) is 8.60. The van der Waals surface area contributed by atoms with Crippen LogP contribution in [0.5, 0.6) is 11.5 Å². The minimum Gasteiger partial charge on any atom is -0.493 e. The number of aliphatic hydroxyl groups excluding tert-OH is 1. The minimum absolute atomic E-state index is 0.0122. The molecule has 0 radical (unpaired) electrons. The Morgan fingerprint density at radius 1 is 1.30 bits per heavy atom. The molecule has 0 aliphatic rings. The summed E-state index contributed by atoms with van der Waals surface area (Å²) in [5.41, 5.74) is 3.46. The molecular formula is C15H19N2O8PS. The molecule has 12 heteroatoms. The van der Waals surface area contributed by atoms with Crippen molar-refractivity contribution in [2.45, 2.75) is 0 Å². The van der Waals surface area contributed by atoms with Crippen molar-refractivity contribution < 1.29 is 38.6 Å². The molecule has 0 atom stereocenters. The topological polar surface area (TPSA) is 158 Å². The molecule has 1 aromatic carbocycles. The van der Waals surface area contributed by atoms with Crippen LogP contribution in [-0.2, 0) is 4.57 Å².